The lowest BCUT2D eigenvalue weighted by Crippen LogP contribution is -2.40. The van der Waals surface area contributed by atoms with Gasteiger partial charge in [0.2, 0.25) is 0 Å². The molecule has 0 saturated carbocycles. The first-order valence-electron chi connectivity index (χ1n) is 8.58. The molecule has 1 fully saturated rings. The number of carbonyl (C=O) groups is 2. The number of ketones is 1. The summed E-state index contributed by atoms with van der Waals surface area (Å²) in [5, 5.41) is 1.34. The fourth-order valence-electron chi connectivity index (χ4n) is 2.90. The third kappa shape index (κ3) is 4.26. The van der Waals surface area contributed by atoms with Crippen molar-refractivity contribution in [1.29, 1.82) is 0 Å². The van der Waals surface area contributed by atoms with Crippen LogP contribution in [0, 0.1) is 5.41 Å². The van der Waals surface area contributed by atoms with Crippen LogP contribution in [0.1, 0.15) is 60.7 Å². The van der Waals surface area contributed by atoms with Crippen LogP contribution in [0.2, 0.25) is 0 Å². The summed E-state index contributed by atoms with van der Waals surface area (Å²) in [5.41, 5.74) is -0.716. The predicted octanol–water partition coefficient (Wildman–Crippen LogP) is 4.25. The Labute approximate surface area is 151 Å². The second-order valence-electron chi connectivity index (χ2n) is 7.47. The zero-order chi connectivity index (χ0) is 19.5. The molecule has 1 aromatic rings. The zero-order valence-electron chi connectivity index (χ0n) is 15.3. The number of hydrogen-bond acceptors (Lipinski definition) is 4. The van der Waals surface area contributed by atoms with Gasteiger partial charge >= 0.3 is 5.97 Å². The Hall–Kier alpha value is -1.89. The molecule has 1 heterocycles. The highest BCUT2D eigenvalue weighted by Crippen LogP contribution is 2.27. The first-order chi connectivity index (χ1) is 12.2. The van der Waals surface area contributed by atoms with Gasteiger partial charge in [-0.15, -0.1) is 5.06 Å². The van der Waals surface area contributed by atoms with Crippen LogP contribution in [0.3, 0.4) is 0 Å². The summed E-state index contributed by atoms with van der Waals surface area (Å²) in [4.78, 5) is 30.3. The Morgan fingerprint density at radius 1 is 1.12 bits per heavy atom. The number of hydroxylamine groups is 2. The average Bonchev–Trinajstić information content (AvgIpc) is 3.06. The van der Waals surface area contributed by atoms with Gasteiger partial charge < -0.3 is 4.84 Å². The topological polar surface area (TPSA) is 46.6 Å². The van der Waals surface area contributed by atoms with Gasteiger partial charge in [-0.3, -0.25) is 4.79 Å². The molecule has 0 radical (unpaired) electrons. The molecule has 144 valence electrons. The fourth-order valence-corrected chi connectivity index (χ4v) is 2.90. The average molecular weight is 371 g/mol. The monoisotopic (exact) mass is 371 g/mol. The van der Waals surface area contributed by atoms with E-state index in [9.17, 15) is 22.8 Å². The van der Waals surface area contributed by atoms with Crippen LogP contribution in [0.5, 0.6) is 0 Å². The van der Waals surface area contributed by atoms with E-state index in [4.69, 9.17) is 4.84 Å². The zero-order valence-corrected chi connectivity index (χ0v) is 15.3. The van der Waals surface area contributed by atoms with Crippen molar-refractivity contribution in [2.24, 2.45) is 5.41 Å². The van der Waals surface area contributed by atoms with Gasteiger partial charge in [0.1, 0.15) is 26.1 Å². The van der Waals surface area contributed by atoms with Crippen LogP contribution in [-0.2, 0) is 29.7 Å². The highest BCUT2D eigenvalue weighted by molar-refractivity contribution is 6.00. The van der Waals surface area contributed by atoms with Gasteiger partial charge in [-0.2, -0.15) is 0 Å². The summed E-state index contributed by atoms with van der Waals surface area (Å²) in [6, 6.07) is 1.81. The van der Waals surface area contributed by atoms with Crippen LogP contribution in [0.4, 0.5) is 13.2 Å². The maximum atomic E-state index is 13.2. The van der Waals surface area contributed by atoms with Gasteiger partial charge in [-0.05, 0) is 62.4 Å². The van der Waals surface area contributed by atoms with E-state index in [1.807, 2.05) is 0 Å². The van der Waals surface area contributed by atoms with Crippen molar-refractivity contribution in [3.63, 3.8) is 0 Å². The number of alkyl halides is 3. The van der Waals surface area contributed by atoms with Crippen molar-refractivity contribution in [3.8, 4) is 0 Å². The van der Waals surface area contributed by atoms with Crippen molar-refractivity contribution < 1.29 is 27.6 Å². The minimum absolute atomic E-state index is 0.0257. The molecule has 0 amide bonds. The van der Waals surface area contributed by atoms with Crippen molar-refractivity contribution in [1.82, 2.24) is 5.06 Å². The van der Waals surface area contributed by atoms with Crippen LogP contribution in [0.15, 0.2) is 12.1 Å². The summed E-state index contributed by atoms with van der Waals surface area (Å²) >= 11 is 0. The summed E-state index contributed by atoms with van der Waals surface area (Å²) in [7, 11) is 0. The Balaban J connectivity index is 2.28. The molecule has 1 saturated heterocycles. The lowest BCUT2D eigenvalue weighted by Gasteiger charge is -2.26. The Morgan fingerprint density at radius 3 is 2.15 bits per heavy atom. The van der Waals surface area contributed by atoms with Crippen molar-refractivity contribution in [2.75, 3.05) is 6.54 Å². The third-order valence-corrected chi connectivity index (χ3v) is 4.46. The molecule has 26 heavy (non-hydrogen) atoms. The van der Waals surface area contributed by atoms with Crippen molar-refractivity contribution in [3.05, 3.63) is 34.4 Å². The highest BCUT2D eigenvalue weighted by Gasteiger charge is 2.37. The molecule has 0 aromatic heterocycles. The van der Waals surface area contributed by atoms with E-state index in [0.717, 1.165) is 0 Å². The normalized spacial score (nSPS) is 18.2. The first kappa shape index (κ1) is 20.4. The number of rotatable bonds is 6. The summed E-state index contributed by atoms with van der Waals surface area (Å²) < 4.78 is 39.5. The smallest absolute Gasteiger partial charge is 0.330 e. The van der Waals surface area contributed by atoms with E-state index in [1.165, 1.54) is 17.2 Å². The highest BCUT2D eigenvalue weighted by atomic mass is 19.1. The lowest BCUT2D eigenvalue weighted by molar-refractivity contribution is -0.200. The fraction of sp³-hybridized carbons (Fsp3) is 0.579. The Bertz CT molecular complexity index is 660. The van der Waals surface area contributed by atoms with E-state index < -0.39 is 37.4 Å². The molecular weight excluding hydrogens is 347 g/mol. The summed E-state index contributed by atoms with van der Waals surface area (Å²) in [6.45, 7) is 2.57. The molecule has 0 unspecified atom stereocenters. The molecule has 1 aliphatic heterocycles. The third-order valence-electron chi connectivity index (χ3n) is 4.46. The predicted molar refractivity (Wildman–Crippen MR) is 90.5 cm³/mol. The van der Waals surface area contributed by atoms with Crippen LogP contribution in [-0.4, -0.2) is 29.4 Å². The molecule has 1 aromatic carbocycles. The Morgan fingerprint density at radius 2 is 1.69 bits per heavy atom. The number of halogens is 3. The molecular formula is C19H24F3NO3. The quantitative estimate of drug-likeness (QED) is 0.702. The van der Waals surface area contributed by atoms with Crippen LogP contribution < -0.4 is 0 Å². The molecule has 0 spiro atoms. The van der Waals surface area contributed by atoms with Gasteiger partial charge in [0.05, 0.1) is 5.41 Å². The van der Waals surface area contributed by atoms with Gasteiger partial charge in [0.15, 0.2) is 5.78 Å². The number of benzene rings is 1. The number of nitrogens with zero attached hydrogens (tertiary/aromatic N) is 1. The molecule has 2 rings (SSSR count). The lowest BCUT2D eigenvalue weighted by atomic mass is 9.94. The van der Waals surface area contributed by atoms with E-state index in [0.29, 0.717) is 19.4 Å². The SMILES string of the molecule is CC(C)(C)C(=O)ON1CCC[C@H]1C(=O)c1cc(CF)c(CF)c(CF)c1. The van der Waals surface area contributed by atoms with Gasteiger partial charge in [-0.25, -0.2) is 18.0 Å². The molecule has 0 N–H and O–H groups in total. The van der Waals surface area contributed by atoms with E-state index in [1.54, 1.807) is 20.8 Å². The molecule has 7 heteroatoms. The summed E-state index contributed by atoms with van der Waals surface area (Å²) in [5.74, 6) is -0.849. The maximum Gasteiger partial charge on any atom is 0.330 e. The van der Waals surface area contributed by atoms with Crippen LogP contribution >= 0.6 is 0 Å². The minimum Gasteiger partial charge on any atom is -0.367 e. The minimum atomic E-state index is -0.994. The molecule has 1 aliphatic rings. The maximum absolute atomic E-state index is 13.2. The van der Waals surface area contributed by atoms with Gasteiger partial charge in [0, 0.05) is 12.1 Å². The van der Waals surface area contributed by atoms with Crippen molar-refractivity contribution in [2.45, 2.75) is 59.7 Å². The molecule has 0 aliphatic carbocycles. The van der Waals surface area contributed by atoms with Crippen molar-refractivity contribution >= 4 is 11.8 Å². The van der Waals surface area contributed by atoms with E-state index in [-0.39, 0.29) is 28.0 Å². The molecule has 4 nitrogen and oxygen atoms in total. The number of hydrogen-bond donors (Lipinski definition) is 0. The summed E-state index contributed by atoms with van der Waals surface area (Å²) in [6.07, 6.45) is 1.12. The van der Waals surface area contributed by atoms with Gasteiger partial charge in [0.25, 0.3) is 0 Å². The largest absolute Gasteiger partial charge is 0.367 e. The number of carbonyl (C=O) groups excluding carboxylic acids is 2. The van der Waals surface area contributed by atoms with E-state index in [2.05, 4.69) is 0 Å². The molecule has 0 bridgehead atoms. The van der Waals surface area contributed by atoms with Crippen LogP contribution in [0.25, 0.3) is 0 Å². The number of Topliss-reactive ketones (excluding diaryl/α,β-unsaturated/α-hetero) is 1. The van der Waals surface area contributed by atoms with Gasteiger partial charge in [-0.1, -0.05) is 0 Å². The second kappa shape index (κ2) is 8.20. The first-order valence-corrected chi connectivity index (χ1v) is 8.58. The molecule has 1 atom stereocenters. The standard InChI is InChI=1S/C19H24F3NO3/c1-19(2,3)18(25)26-23-6-4-5-16(23)17(24)12-7-13(9-20)15(11-22)14(8-12)10-21/h7-8,16H,4-6,9-11H2,1-3H3/t16-/m0/s1. The van der Waals surface area contributed by atoms with E-state index >= 15 is 0 Å². The Kier molecular flexibility index (Phi) is 6.44. The second-order valence-corrected chi connectivity index (χ2v) is 7.47.